The van der Waals surface area contributed by atoms with E-state index in [4.69, 9.17) is 0 Å². The number of rotatable bonds is 5. The van der Waals surface area contributed by atoms with Crippen LogP contribution in [0.15, 0.2) is 42.5 Å². The fourth-order valence-electron chi connectivity index (χ4n) is 2.17. The van der Waals surface area contributed by atoms with E-state index in [1.54, 1.807) is 18.2 Å². The van der Waals surface area contributed by atoms with E-state index in [1.807, 2.05) is 6.92 Å². The molecule has 2 aromatic rings. The van der Waals surface area contributed by atoms with Gasteiger partial charge in [0.2, 0.25) is 0 Å². The van der Waals surface area contributed by atoms with Gasteiger partial charge in [0.15, 0.2) is 0 Å². The Morgan fingerprint density at radius 1 is 1.09 bits per heavy atom. The maximum atomic E-state index is 12.6. The summed E-state index contributed by atoms with van der Waals surface area (Å²) >= 11 is 0. The zero-order valence-electron chi connectivity index (χ0n) is 12.3. The van der Waals surface area contributed by atoms with Crippen molar-refractivity contribution >= 4 is 0 Å². The van der Waals surface area contributed by atoms with Crippen LogP contribution in [0.1, 0.15) is 43.5 Å². The molecule has 1 aromatic heterocycles. The number of unbranched alkanes of at least 4 members (excludes halogenated alkanes) is 1. The number of aliphatic hydroxyl groups is 1. The molecule has 0 amide bonds. The maximum absolute atomic E-state index is 12.6. The van der Waals surface area contributed by atoms with Gasteiger partial charge in [-0.05, 0) is 30.7 Å². The highest BCUT2D eigenvalue weighted by Gasteiger charge is 2.30. The second-order valence-corrected chi connectivity index (χ2v) is 5.18. The van der Waals surface area contributed by atoms with Crippen molar-refractivity contribution in [3.05, 3.63) is 53.7 Å². The van der Waals surface area contributed by atoms with Crippen LogP contribution in [0.5, 0.6) is 0 Å². The lowest BCUT2D eigenvalue weighted by atomic mass is 10.1. The Labute approximate surface area is 127 Å². The average Bonchev–Trinajstić information content (AvgIpc) is 2.52. The molecule has 0 aliphatic carbocycles. The first-order chi connectivity index (χ1) is 10.4. The van der Waals surface area contributed by atoms with E-state index in [9.17, 15) is 18.3 Å². The molecule has 0 saturated heterocycles. The molecule has 0 bridgehead atoms. The Morgan fingerprint density at radius 3 is 2.36 bits per heavy atom. The number of aromatic nitrogens is 1. The minimum Gasteiger partial charge on any atom is -0.387 e. The molecular weight excluding hydrogens is 291 g/mol. The van der Waals surface area contributed by atoms with Gasteiger partial charge in [0.05, 0.1) is 23.1 Å². The normalized spacial score (nSPS) is 13.1. The predicted octanol–water partition coefficient (Wildman–Crippen LogP) is 4.99. The molecule has 1 heterocycles. The van der Waals surface area contributed by atoms with Crippen LogP contribution in [0.4, 0.5) is 13.2 Å². The van der Waals surface area contributed by atoms with Crippen molar-refractivity contribution in [2.45, 2.75) is 38.5 Å². The van der Waals surface area contributed by atoms with E-state index in [2.05, 4.69) is 4.98 Å². The van der Waals surface area contributed by atoms with Gasteiger partial charge in [-0.25, -0.2) is 0 Å². The zero-order chi connectivity index (χ0) is 16.2. The fraction of sp³-hybridized carbons (Fsp3) is 0.353. The molecule has 118 valence electrons. The smallest absolute Gasteiger partial charge is 0.387 e. The minimum absolute atomic E-state index is 0.547. The highest BCUT2D eigenvalue weighted by atomic mass is 19.4. The number of aliphatic hydroxyl groups excluding tert-OH is 1. The van der Waals surface area contributed by atoms with Crippen LogP contribution in [0.25, 0.3) is 11.3 Å². The third kappa shape index (κ3) is 4.07. The monoisotopic (exact) mass is 309 g/mol. The molecular formula is C17H18F3NO. The summed E-state index contributed by atoms with van der Waals surface area (Å²) in [5.74, 6) is 0. The molecule has 0 saturated carbocycles. The summed E-state index contributed by atoms with van der Waals surface area (Å²) in [7, 11) is 0. The summed E-state index contributed by atoms with van der Waals surface area (Å²) < 4.78 is 37.7. The van der Waals surface area contributed by atoms with Crippen LogP contribution in [-0.4, -0.2) is 10.1 Å². The van der Waals surface area contributed by atoms with E-state index >= 15 is 0 Å². The topological polar surface area (TPSA) is 33.1 Å². The molecule has 5 heteroatoms. The Morgan fingerprint density at radius 2 is 1.77 bits per heavy atom. The molecule has 1 aromatic carbocycles. The third-order valence-electron chi connectivity index (χ3n) is 3.45. The lowest BCUT2D eigenvalue weighted by Gasteiger charge is -2.11. The SMILES string of the molecule is CCCC[C@@H](O)c1cccc(-c2ccc(C(F)(F)F)cc2)n1. The van der Waals surface area contributed by atoms with Gasteiger partial charge in [0, 0.05) is 5.56 Å². The van der Waals surface area contributed by atoms with E-state index < -0.39 is 17.8 Å². The van der Waals surface area contributed by atoms with Crippen LogP contribution in [0.2, 0.25) is 0 Å². The molecule has 0 aliphatic heterocycles. The van der Waals surface area contributed by atoms with Gasteiger partial charge in [-0.1, -0.05) is 38.0 Å². The van der Waals surface area contributed by atoms with E-state index in [0.29, 0.717) is 23.4 Å². The number of hydrogen-bond acceptors (Lipinski definition) is 2. The number of pyridine rings is 1. The van der Waals surface area contributed by atoms with Gasteiger partial charge in [0.1, 0.15) is 0 Å². The Bertz CT molecular complexity index is 608. The largest absolute Gasteiger partial charge is 0.416 e. The summed E-state index contributed by atoms with van der Waals surface area (Å²) in [5.41, 5.74) is 1.01. The number of nitrogens with zero attached hydrogens (tertiary/aromatic N) is 1. The van der Waals surface area contributed by atoms with Crippen molar-refractivity contribution in [1.29, 1.82) is 0 Å². The lowest BCUT2D eigenvalue weighted by molar-refractivity contribution is -0.137. The first-order valence-corrected chi connectivity index (χ1v) is 7.24. The van der Waals surface area contributed by atoms with Crippen molar-refractivity contribution in [3.63, 3.8) is 0 Å². The fourth-order valence-corrected chi connectivity index (χ4v) is 2.17. The average molecular weight is 309 g/mol. The summed E-state index contributed by atoms with van der Waals surface area (Å²) in [6, 6.07) is 10.1. The predicted molar refractivity (Wildman–Crippen MR) is 79.2 cm³/mol. The van der Waals surface area contributed by atoms with Gasteiger partial charge in [0.25, 0.3) is 0 Å². The van der Waals surface area contributed by atoms with Crippen LogP contribution >= 0.6 is 0 Å². The molecule has 1 N–H and O–H groups in total. The summed E-state index contributed by atoms with van der Waals surface area (Å²) in [5, 5.41) is 10.1. The van der Waals surface area contributed by atoms with E-state index in [-0.39, 0.29) is 0 Å². The second kappa shape index (κ2) is 6.92. The van der Waals surface area contributed by atoms with Crippen molar-refractivity contribution in [3.8, 4) is 11.3 Å². The van der Waals surface area contributed by atoms with Crippen LogP contribution in [-0.2, 0) is 6.18 Å². The molecule has 22 heavy (non-hydrogen) atoms. The van der Waals surface area contributed by atoms with Crippen molar-refractivity contribution in [1.82, 2.24) is 4.98 Å². The summed E-state index contributed by atoms with van der Waals surface area (Å²) in [6.07, 6.45) is -2.48. The second-order valence-electron chi connectivity index (χ2n) is 5.18. The van der Waals surface area contributed by atoms with E-state index in [1.165, 1.54) is 12.1 Å². The van der Waals surface area contributed by atoms with Crippen LogP contribution in [0.3, 0.4) is 0 Å². The quantitative estimate of drug-likeness (QED) is 0.844. The van der Waals surface area contributed by atoms with E-state index in [0.717, 1.165) is 25.0 Å². The summed E-state index contributed by atoms with van der Waals surface area (Å²) in [6.45, 7) is 2.04. The molecule has 0 unspecified atom stereocenters. The number of alkyl halides is 3. The van der Waals surface area contributed by atoms with Gasteiger partial charge in [-0.3, -0.25) is 4.98 Å². The van der Waals surface area contributed by atoms with Gasteiger partial charge < -0.3 is 5.11 Å². The molecule has 0 aliphatic rings. The summed E-state index contributed by atoms with van der Waals surface area (Å²) in [4.78, 5) is 4.36. The van der Waals surface area contributed by atoms with Crippen molar-refractivity contribution in [2.24, 2.45) is 0 Å². The minimum atomic E-state index is -4.34. The molecule has 2 rings (SSSR count). The molecule has 0 radical (unpaired) electrons. The third-order valence-corrected chi connectivity index (χ3v) is 3.45. The lowest BCUT2D eigenvalue weighted by Crippen LogP contribution is -2.04. The molecule has 0 fully saturated rings. The van der Waals surface area contributed by atoms with Crippen LogP contribution < -0.4 is 0 Å². The number of hydrogen-bond donors (Lipinski definition) is 1. The highest BCUT2D eigenvalue weighted by Crippen LogP contribution is 2.31. The molecule has 1 atom stereocenters. The van der Waals surface area contributed by atoms with Gasteiger partial charge in [-0.15, -0.1) is 0 Å². The molecule has 2 nitrogen and oxygen atoms in total. The van der Waals surface area contributed by atoms with Gasteiger partial charge >= 0.3 is 6.18 Å². The Balaban J connectivity index is 2.22. The highest BCUT2D eigenvalue weighted by molar-refractivity contribution is 5.59. The first-order valence-electron chi connectivity index (χ1n) is 7.24. The first kappa shape index (κ1) is 16.5. The van der Waals surface area contributed by atoms with Crippen molar-refractivity contribution in [2.75, 3.05) is 0 Å². The number of benzene rings is 1. The Hall–Kier alpha value is -1.88. The maximum Gasteiger partial charge on any atom is 0.416 e. The van der Waals surface area contributed by atoms with Crippen molar-refractivity contribution < 1.29 is 18.3 Å². The van der Waals surface area contributed by atoms with Crippen LogP contribution in [0, 0.1) is 0 Å². The number of halogens is 3. The Kier molecular flexibility index (Phi) is 5.19. The molecule has 0 spiro atoms. The standard InChI is InChI=1S/C17H18F3NO/c1-2-3-7-16(22)15-6-4-5-14(21-15)12-8-10-13(11-9-12)17(18,19)20/h4-6,8-11,16,22H,2-3,7H2,1H3/t16-/m1/s1. The zero-order valence-corrected chi connectivity index (χ0v) is 12.3. The van der Waals surface area contributed by atoms with Gasteiger partial charge in [-0.2, -0.15) is 13.2 Å².